The maximum Gasteiger partial charge on any atom is 0.110 e. The number of rotatable bonds is 3. The van der Waals surface area contributed by atoms with E-state index in [1.165, 1.54) is 0 Å². The fraction of sp³-hybridized carbons (Fsp3) is 1.00. The average molecular weight is 136 g/mol. The molecule has 0 bridgehead atoms. The highest BCUT2D eigenvalue weighted by molar-refractivity contribution is 4.72. The molecule has 56 valence electrons. The molecule has 7 N–H and O–H groups in total. The van der Waals surface area contributed by atoms with Crippen LogP contribution in [0.15, 0.2) is 0 Å². The Hall–Kier alpha value is -0.200. The maximum absolute atomic E-state index is 8.73. The Kier molecular flexibility index (Phi) is 3.67. The molecule has 0 saturated heterocycles. The summed E-state index contributed by atoms with van der Waals surface area (Å²) in [5.74, 6) is 0. The van der Waals surface area contributed by atoms with Crippen molar-refractivity contribution >= 4 is 0 Å². The zero-order valence-electron chi connectivity index (χ0n) is 4.94. The van der Waals surface area contributed by atoms with E-state index in [0.29, 0.717) is 0 Å². The lowest BCUT2D eigenvalue weighted by Crippen LogP contribution is -2.50. The van der Waals surface area contributed by atoms with Crippen molar-refractivity contribution in [3.8, 4) is 0 Å². The van der Waals surface area contributed by atoms with Crippen molar-refractivity contribution in [3.05, 3.63) is 0 Å². The molecule has 5 heteroatoms. The van der Waals surface area contributed by atoms with Gasteiger partial charge >= 0.3 is 0 Å². The second-order valence-electron chi connectivity index (χ2n) is 1.82. The van der Waals surface area contributed by atoms with E-state index in [1.54, 1.807) is 0 Å². The summed E-state index contributed by atoms with van der Waals surface area (Å²) in [7, 11) is 0. The molecule has 0 spiro atoms. The minimum atomic E-state index is -1.25. The van der Waals surface area contributed by atoms with Crippen LogP contribution in [0.25, 0.3) is 0 Å². The molecule has 0 aliphatic heterocycles. The molecule has 0 aliphatic rings. The first-order valence-corrected chi connectivity index (χ1v) is 2.57. The van der Waals surface area contributed by atoms with Crippen LogP contribution < -0.4 is 11.5 Å². The van der Waals surface area contributed by atoms with E-state index in [1.807, 2.05) is 0 Å². The second kappa shape index (κ2) is 3.76. The number of aliphatic hydroxyl groups excluding tert-OH is 3. The van der Waals surface area contributed by atoms with Gasteiger partial charge in [0.1, 0.15) is 12.2 Å². The van der Waals surface area contributed by atoms with Gasteiger partial charge in [-0.1, -0.05) is 0 Å². The highest BCUT2D eigenvalue weighted by Gasteiger charge is 2.18. The van der Waals surface area contributed by atoms with E-state index in [2.05, 4.69) is 0 Å². The molecule has 0 radical (unpaired) electrons. The Labute approximate surface area is 52.9 Å². The molecule has 2 atom stereocenters. The van der Waals surface area contributed by atoms with Gasteiger partial charge in [-0.3, -0.25) is 0 Å². The lowest BCUT2D eigenvalue weighted by atomic mass is 10.2. The van der Waals surface area contributed by atoms with Gasteiger partial charge < -0.3 is 26.8 Å². The van der Waals surface area contributed by atoms with Crippen molar-refractivity contribution in [2.75, 3.05) is 6.61 Å². The lowest BCUT2D eigenvalue weighted by molar-refractivity contribution is -0.0248. The minimum absolute atomic E-state index is 0.536. The molecule has 0 aromatic rings. The summed E-state index contributed by atoms with van der Waals surface area (Å²) in [6.45, 7) is -0.536. The van der Waals surface area contributed by atoms with Crippen LogP contribution in [0, 0.1) is 0 Å². The molecule has 0 fully saturated rings. The summed E-state index contributed by atoms with van der Waals surface area (Å²) in [6, 6.07) is 0. The van der Waals surface area contributed by atoms with Crippen LogP contribution in [0.2, 0.25) is 0 Å². The fourth-order valence-electron chi connectivity index (χ4n) is 0.365. The Bertz CT molecular complexity index is 78.2. The Morgan fingerprint density at radius 1 is 1.22 bits per heavy atom. The van der Waals surface area contributed by atoms with Gasteiger partial charge in [0.05, 0.1) is 12.8 Å². The largest absolute Gasteiger partial charge is 0.394 e. The van der Waals surface area contributed by atoms with Gasteiger partial charge in [0.25, 0.3) is 0 Å². The predicted octanol–water partition coefficient (Wildman–Crippen LogP) is -3.06. The van der Waals surface area contributed by atoms with Gasteiger partial charge in [-0.25, -0.2) is 0 Å². The van der Waals surface area contributed by atoms with Crippen LogP contribution in [0.1, 0.15) is 0 Å². The molecule has 0 saturated carbocycles. The van der Waals surface area contributed by atoms with Crippen LogP contribution >= 0.6 is 0 Å². The van der Waals surface area contributed by atoms with Crippen molar-refractivity contribution in [1.29, 1.82) is 0 Å². The third-order valence-corrected chi connectivity index (χ3v) is 0.976. The summed E-state index contributed by atoms with van der Waals surface area (Å²) in [5, 5.41) is 25.6. The number of nitrogens with two attached hydrogens (primary N) is 2. The fourth-order valence-corrected chi connectivity index (χ4v) is 0.365. The average Bonchev–Trinajstić information content (AvgIpc) is 1.84. The van der Waals surface area contributed by atoms with E-state index in [0.717, 1.165) is 0 Å². The third-order valence-electron chi connectivity index (χ3n) is 0.976. The highest BCUT2D eigenvalue weighted by atomic mass is 16.4. The van der Waals surface area contributed by atoms with Crippen molar-refractivity contribution < 1.29 is 15.3 Å². The molecular weight excluding hydrogens is 124 g/mol. The summed E-state index contributed by atoms with van der Waals surface area (Å²) >= 11 is 0. The lowest BCUT2D eigenvalue weighted by Gasteiger charge is -2.18. The van der Waals surface area contributed by atoms with E-state index < -0.39 is 25.0 Å². The summed E-state index contributed by atoms with van der Waals surface area (Å²) in [5.41, 5.74) is 9.94. The Balaban J connectivity index is 3.58. The van der Waals surface area contributed by atoms with Crippen LogP contribution in [-0.2, 0) is 0 Å². The first-order valence-electron chi connectivity index (χ1n) is 2.57. The molecule has 0 amide bonds. The summed E-state index contributed by atoms with van der Waals surface area (Å²) in [4.78, 5) is 0. The van der Waals surface area contributed by atoms with E-state index in [4.69, 9.17) is 26.8 Å². The second-order valence-corrected chi connectivity index (χ2v) is 1.82. The van der Waals surface area contributed by atoms with E-state index in [-0.39, 0.29) is 0 Å². The molecule has 9 heavy (non-hydrogen) atoms. The van der Waals surface area contributed by atoms with Gasteiger partial charge in [-0.2, -0.15) is 0 Å². The number of hydrogen-bond acceptors (Lipinski definition) is 5. The molecule has 0 heterocycles. The predicted molar refractivity (Wildman–Crippen MR) is 31.3 cm³/mol. The van der Waals surface area contributed by atoms with Crippen LogP contribution in [0.4, 0.5) is 0 Å². The molecule has 2 unspecified atom stereocenters. The van der Waals surface area contributed by atoms with Crippen molar-refractivity contribution in [2.24, 2.45) is 11.5 Å². The maximum atomic E-state index is 8.73. The summed E-state index contributed by atoms with van der Waals surface area (Å²) < 4.78 is 0. The molecule has 0 aromatic heterocycles. The van der Waals surface area contributed by atoms with Crippen molar-refractivity contribution in [2.45, 2.75) is 18.4 Å². The molecule has 0 aliphatic carbocycles. The SMILES string of the molecule is NC(N)C(O)C(O)CO. The van der Waals surface area contributed by atoms with Gasteiger partial charge in [0.15, 0.2) is 0 Å². The van der Waals surface area contributed by atoms with Crippen LogP contribution in [0.5, 0.6) is 0 Å². The van der Waals surface area contributed by atoms with Gasteiger partial charge in [-0.05, 0) is 0 Å². The zero-order valence-corrected chi connectivity index (χ0v) is 4.94. The number of aliphatic hydroxyl groups is 3. The minimum Gasteiger partial charge on any atom is -0.394 e. The molecule has 0 rings (SSSR count). The van der Waals surface area contributed by atoms with Gasteiger partial charge in [-0.15, -0.1) is 0 Å². The standard InChI is InChI=1S/C4H12N2O3/c5-4(6)3(9)2(8)1-7/h2-4,7-9H,1,5-6H2. The molecular formula is C4H12N2O3. The Morgan fingerprint density at radius 3 is 1.78 bits per heavy atom. The topological polar surface area (TPSA) is 113 Å². The first-order chi connectivity index (χ1) is 4.09. The molecule has 5 nitrogen and oxygen atoms in total. The normalized spacial score (nSPS) is 18.0. The van der Waals surface area contributed by atoms with Gasteiger partial charge in [0.2, 0.25) is 0 Å². The molecule has 0 aromatic carbocycles. The first kappa shape index (κ1) is 8.80. The quantitative estimate of drug-likeness (QED) is 0.264. The Morgan fingerprint density at radius 2 is 1.67 bits per heavy atom. The highest BCUT2D eigenvalue weighted by Crippen LogP contribution is 1.91. The van der Waals surface area contributed by atoms with E-state index >= 15 is 0 Å². The number of hydrogen-bond donors (Lipinski definition) is 5. The monoisotopic (exact) mass is 136 g/mol. The smallest absolute Gasteiger partial charge is 0.110 e. The van der Waals surface area contributed by atoms with Crippen LogP contribution in [-0.4, -0.2) is 40.3 Å². The van der Waals surface area contributed by atoms with Crippen molar-refractivity contribution in [1.82, 2.24) is 0 Å². The van der Waals surface area contributed by atoms with Gasteiger partial charge in [0, 0.05) is 0 Å². The third kappa shape index (κ3) is 2.73. The zero-order chi connectivity index (χ0) is 7.44. The van der Waals surface area contributed by atoms with Crippen molar-refractivity contribution in [3.63, 3.8) is 0 Å². The van der Waals surface area contributed by atoms with E-state index in [9.17, 15) is 0 Å². The summed E-state index contributed by atoms with van der Waals surface area (Å²) in [6.07, 6.45) is -3.51. The van der Waals surface area contributed by atoms with Crippen LogP contribution in [0.3, 0.4) is 0 Å².